The molecule has 0 saturated carbocycles. The van der Waals surface area contributed by atoms with E-state index < -0.39 is 0 Å². The van der Waals surface area contributed by atoms with Crippen molar-refractivity contribution < 1.29 is 9.59 Å². The van der Waals surface area contributed by atoms with Crippen molar-refractivity contribution in [1.82, 2.24) is 20.2 Å². The van der Waals surface area contributed by atoms with Crippen LogP contribution in [0.3, 0.4) is 0 Å². The molecule has 1 aliphatic heterocycles. The topological polar surface area (TPSA) is 75.2 Å². The lowest BCUT2D eigenvalue weighted by Gasteiger charge is -2.32. The molecule has 0 unspecified atom stereocenters. The minimum Gasteiger partial charge on any atom is -0.352 e. The molecule has 1 fully saturated rings. The molecule has 6 nitrogen and oxygen atoms in total. The molecule has 1 aromatic rings. The van der Waals surface area contributed by atoms with Crippen LogP contribution in [0, 0.1) is 5.92 Å². The van der Waals surface area contributed by atoms with Gasteiger partial charge in [0, 0.05) is 43.4 Å². The molecule has 0 aromatic carbocycles. The summed E-state index contributed by atoms with van der Waals surface area (Å²) in [6.07, 6.45) is 4.82. The number of amides is 2. The fourth-order valence-electron chi connectivity index (χ4n) is 2.32. The normalized spacial score (nSPS) is 19.2. The molecule has 2 rings (SSSR count). The van der Waals surface area contributed by atoms with Crippen LogP contribution in [0.1, 0.15) is 37.6 Å². The molecule has 1 atom stereocenters. The molecule has 2 heterocycles. The third-order valence-corrected chi connectivity index (χ3v) is 3.39. The molecule has 1 N–H and O–H groups in total. The van der Waals surface area contributed by atoms with E-state index in [0.29, 0.717) is 25.1 Å². The van der Waals surface area contributed by atoms with Gasteiger partial charge in [-0.25, -0.2) is 9.97 Å². The van der Waals surface area contributed by atoms with E-state index in [1.807, 2.05) is 25.7 Å². The van der Waals surface area contributed by atoms with Crippen LogP contribution in [0.5, 0.6) is 0 Å². The molecule has 0 spiro atoms. The summed E-state index contributed by atoms with van der Waals surface area (Å²) in [5, 5.41) is 2.84. The lowest BCUT2D eigenvalue weighted by atomic mass is 10.1. The maximum absolute atomic E-state index is 11.9. The number of nitrogens with one attached hydrogen (secondary N) is 1. The molecule has 1 aliphatic rings. The molecule has 20 heavy (non-hydrogen) atoms. The second kappa shape index (κ2) is 5.56. The zero-order valence-corrected chi connectivity index (χ0v) is 12.1. The van der Waals surface area contributed by atoms with Crippen molar-refractivity contribution in [2.75, 3.05) is 13.1 Å². The van der Waals surface area contributed by atoms with Gasteiger partial charge >= 0.3 is 0 Å². The van der Waals surface area contributed by atoms with E-state index in [-0.39, 0.29) is 23.3 Å². The fraction of sp³-hybridized carbons (Fsp3) is 0.571. The van der Waals surface area contributed by atoms with Crippen LogP contribution in [-0.2, 0) is 4.79 Å². The smallest absolute Gasteiger partial charge is 0.254 e. The van der Waals surface area contributed by atoms with E-state index in [4.69, 9.17) is 0 Å². The van der Waals surface area contributed by atoms with Crippen molar-refractivity contribution in [3.8, 4) is 0 Å². The summed E-state index contributed by atoms with van der Waals surface area (Å²) in [6, 6.07) is 0. The molecule has 0 bridgehead atoms. The van der Waals surface area contributed by atoms with Gasteiger partial charge < -0.3 is 10.2 Å². The number of carbonyl (C=O) groups excluding carboxylic acids is 2. The first kappa shape index (κ1) is 14.4. The standard InChI is InChI=1S/C14H20N4O2/c1-14(2,3)18-8-10(4-12(18)19)5-17-13(20)11-6-15-9-16-7-11/h6-7,9-10H,4-5,8H2,1-3H3,(H,17,20)/t10-/m1/s1. The maximum atomic E-state index is 11.9. The SMILES string of the molecule is CC(C)(C)N1C[C@@H](CNC(=O)c2cncnc2)CC1=O. The summed E-state index contributed by atoms with van der Waals surface area (Å²) < 4.78 is 0. The Bertz CT molecular complexity index is 496. The highest BCUT2D eigenvalue weighted by atomic mass is 16.2. The molecule has 1 aromatic heterocycles. The largest absolute Gasteiger partial charge is 0.352 e. The van der Waals surface area contributed by atoms with Crippen LogP contribution in [-0.4, -0.2) is 45.3 Å². The first-order chi connectivity index (χ1) is 9.38. The van der Waals surface area contributed by atoms with Crippen LogP contribution in [0.15, 0.2) is 18.7 Å². The van der Waals surface area contributed by atoms with Crippen molar-refractivity contribution in [2.45, 2.75) is 32.7 Å². The first-order valence-electron chi connectivity index (χ1n) is 6.71. The highest BCUT2D eigenvalue weighted by Crippen LogP contribution is 2.25. The Morgan fingerprint density at radius 1 is 1.40 bits per heavy atom. The Morgan fingerprint density at radius 2 is 2.05 bits per heavy atom. The van der Waals surface area contributed by atoms with Gasteiger partial charge in [0.1, 0.15) is 6.33 Å². The molecular formula is C14H20N4O2. The van der Waals surface area contributed by atoms with Gasteiger partial charge in [0.05, 0.1) is 5.56 Å². The zero-order valence-electron chi connectivity index (χ0n) is 12.1. The summed E-state index contributed by atoms with van der Waals surface area (Å²) in [6.45, 7) is 7.24. The third-order valence-electron chi connectivity index (χ3n) is 3.39. The van der Waals surface area contributed by atoms with Gasteiger partial charge in [0.15, 0.2) is 0 Å². The molecule has 6 heteroatoms. The summed E-state index contributed by atoms with van der Waals surface area (Å²) >= 11 is 0. The lowest BCUT2D eigenvalue weighted by molar-refractivity contribution is -0.131. The molecule has 108 valence electrons. The van der Waals surface area contributed by atoms with E-state index in [0.717, 1.165) is 0 Å². The minimum atomic E-state index is -0.202. The van der Waals surface area contributed by atoms with Gasteiger partial charge in [-0.3, -0.25) is 9.59 Å². The van der Waals surface area contributed by atoms with Gasteiger partial charge in [-0.05, 0) is 20.8 Å². The summed E-state index contributed by atoms with van der Waals surface area (Å²) in [4.78, 5) is 33.3. The van der Waals surface area contributed by atoms with Gasteiger partial charge in [0.25, 0.3) is 5.91 Å². The fourth-order valence-corrected chi connectivity index (χ4v) is 2.32. The van der Waals surface area contributed by atoms with E-state index in [9.17, 15) is 9.59 Å². The molecule has 2 amide bonds. The number of carbonyl (C=O) groups is 2. The average molecular weight is 276 g/mol. The van der Waals surface area contributed by atoms with E-state index in [1.54, 1.807) is 0 Å². The van der Waals surface area contributed by atoms with E-state index >= 15 is 0 Å². The van der Waals surface area contributed by atoms with Gasteiger partial charge in [-0.2, -0.15) is 0 Å². The Morgan fingerprint density at radius 3 is 2.60 bits per heavy atom. The monoisotopic (exact) mass is 276 g/mol. The predicted octanol–water partition coefficient (Wildman–Crippen LogP) is 0.853. The number of nitrogens with zero attached hydrogens (tertiary/aromatic N) is 3. The molecule has 1 saturated heterocycles. The Hall–Kier alpha value is -1.98. The van der Waals surface area contributed by atoms with Crippen LogP contribution < -0.4 is 5.32 Å². The van der Waals surface area contributed by atoms with Crippen LogP contribution in [0.2, 0.25) is 0 Å². The summed E-state index contributed by atoms with van der Waals surface area (Å²) in [5.74, 6) is 0.113. The van der Waals surface area contributed by atoms with Gasteiger partial charge in [-0.1, -0.05) is 0 Å². The van der Waals surface area contributed by atoms with Crippen molar-refractivity contribution in [2.24, 2.45) is 5.92 Å². The molecule has 0 aliphatic carbocycles. The summed E-state index contributed by atoms with van der Waals surface area (Å²) in [7, 11) is 0. The Kier molecular flexibility index (Phi) is 4.01. The molecular weight excluding hydrogens is 256 g/mol. The van der Waals surface area contributed by atoms with Crippen molar-refractivity contribution in [1.29, 1.82) is 0 Å². The number of likely N-dealkylation sites (tertiary alicyclic amines) is 1. The average Bonchev–Trinajstić information content (AvgIpc) is 2.78. The second-order valence-electron chi connectivity index (χ2n) is 6.08. The lowest BCUT2D eigenvalue weighted by Crippen LogP contribution is -2.42. The second-order valence-corrected chi connectivity index (χ2v) is 6.08. The number of rotatable bonds is 3. The number of aromatic nitrogens is 2. The predicted molar refractivity (Wildman–Crippen MR) is 73.9 cm³/mol. The van der Waals surface area contributed by atoms with Gasteiger partial charge in [-0.15, -0.1) is 0 Å². The van der Waals surface area contributed by atoms with Gasteiger partial charge in [0.2, 0.25) is 5.91 Å². The minimum absolute atomic E-state index is 0.153. The third kappa shape index (κ3) is 3.31. The van der Waals surface area contributed by atoms with Crippen molar-refractivity contribution >= 4 is 11.8 Å². The maximum Gasteiger partial charge on any atom is 0.254 e. The number of hydrogen-bond acceptors (Lipinski definition) is 4. The summed E-state index contributed by atoms with van der Waals surface area (Å²) in [5.41, 5.74) is 0.271. The van der Waals surface area contributed by atoms with E-state index in [2.05, 4.69) is 15.3 Å². The van der Waals surface area contributed by atoms with Crippen LogP contribution in [0.25, 0.3) is 0 Å². The van der Waals surface area contributed by atoms with E-state index in [1.165, 1.54) is 18.7 Å². The van der Waals surface area contributed by atoms with Crippen LogP contribution in [0.4, 0.5) is 0 Å². The van der Waals surface area contributed by atoms with Crippen molar-refractivity contribution in [3.05, 3.63) is 24.3 Å². The number of hydrogen-bond donors (Lipinski definition) is 1. The highest BCUT2D eigenvalue weighted by Gasteiger charge is 2.36. The van der Waals surface area contributed by atoms with Crippen molar-refractivity contribution in [3.63, 3.8) is 0 Å². The Balaban J connectivity index is 1.87. The highest BCUT2D eigenvalue weighted by molar-refractivity contribution is 5.93. The molecule has 0 radical (unpaired) electrons. The Labute approximate surface area is 118 Å². The van der Waals surface area contributed by atoms with Crippen LogP contribution >= 0.6 is 0 Å². The first-order valence-corrected chi connectivity index (χ1v) is 6.71. The quantitative estimate of drug-likeness (QED) is 0.888. The zero-order chi connectivity index (χ0) is 14.8.